The standard InChI is InChI=1S/C14H30O5S.Mg.2H/c1-3-5-6-7-8-9-10-11-12-13-14-18-20(15,16)19-17-4-2;;;/h3-14H2,1-2H3;;;/q;+2;2*-1. The molecule has 0 bridgehead atoms. The molecule has 126 valence electrons. The molecule has 21 heavy (non-hydrogen) atoms. The molecule has 0 radical (unpaired) electrons. The van der Waals surface area contributed by atoms with Crippen molar-refractivity contribution in [3.8, 4) is 0 Å². The number of hydrogen-bond acceptors (Lipinski definition) is 5. The molecular weight excluding hydrogens is 305 g/mol. The fraction of sp³-hybridized carbons (Fsp3) is 1.00. The van der Waals surface area contributed by atoms with Crippen molar-refractivity contribution < 1.29 is 24.7 Å². The van der Waals surface area contributed by atoms with Crippen LogP contribution >= 0.6 is 0 Å². The fourth-order valence-corrected chi connectivity index (χ4v) is 2.45. The monoisotopic (exact) mass is 336 g/mol. The summed E-state index contributed by atoms with van der Waals surface area (Å²) < 4.78 is 30.9. The van der Waals surface area contributed by atoms with Crippen LogP contribution < -0.4 is 0 Å². The minimum absolute atomic E-state index is 0. The van der Waals surface area contributed by atoms with E-state index in [0.29, 0.717) is 0 Å². The van der Waals surface area contributed by atoms with Crippen LogP contribution in [0.15, 0.2) is 0 Å². The van der Waals surface area contributed by atoms with Gasteiger partial charge in [0, 0.05) is 0 Å². The van der Waals surface area contributed by atoms with Gasteiger partial charge in [-0.1, -0.05) is 69.0 Å². The first-order valence-electron chi connectivity index (χ1n) is 7.82. The molecule has 0 fully saturated rings. The van der Waals surface area contributed by atoms with Crippen molar-refractivity contribution in [2.75, 3.05) is 13.2 Å². The first-order chi connectivity index (χ1) is 9.62. The Kier molecular flexibility index (Phi) is 19.3. The third-order valence-electron chi connectivity index (χ3n) is 2.97. The Morgan fingerprint density at radius 3 is 1.76 bits per heavy atom. The van der Waals surface area contributed by atoms with Gasteiger partial charge in [-0.05, 0) is 13.3 Å². The molecule has 0 saturated heterocycles. The van der Waals surface area contributed by atoms with Crippen LogP contribution in [0.5, 0.6) is 0 Å². The topological polar surface area (TPSA) is 61.8 Å². The van der Waals surface area contributed by atoms with E-state index in [9.17, 15) is 8.42 Å². The van der Waals surface area contributed by atoms with Gasteiger partial charge in [-0.15, -0.1) is 0 Å². The molecule has 0 aromatic heterocycles. The SMILES string of the molecule is CCCCCCCCCCCCOS(=O)(=O)OOCC.[H-].[H-].[Mg+2]. The second-order valence-electron chi connectivity index (χ2n) is 4.89. The molecule has 0 unspecified atom stereocenters. The molecule has 0 amide bonds. The summed E-state index contributed by atoms with van der Waals surface area (Å²) >= 11 is 0. The molecule has 0 aliphatic rings. The second-order valence-corrected chi connectivity index (χ2v) is 6.08. The van der Waals surface area contributed by atoms with Gasteiger partial charge in [-0.3, -0.25) is 0 Å². The first-order valence-corrected chi connectivity index (χ1v) is 9.16. The molecule has 5 nitrogen and oxygen atoms in total. The zero-order valence-electron chi connectivity index (χ0n) is 15.6. The molecule has 0 aliphatic carbocycles. The van der Waals surface area contributed by atoms with Crippen LogP contribution in [-0.4, -0.2) is 44.7 Å². The van der Waals surface area contributed by atoms with E-state index in [4.69, 9.17) is 0 Å². The van der Waals surface area contributed by atoms with E-state index >= 15 is 0 Å². The Labute approximate surface area is 149 Å². The van der Waals surface area contributed by atoms with E-state index in [2.05, 4.69) is 20.3 Å². The van der Waals surface area contributed by atoms with Crippen LogP contribution in [-0.2, 0) is 23.8 Å². The molecule has 0 spiro atoms. The molecule has 0 aromatic carbocycles. The van der Waals surface area contributed by atoms with Gasteiger partial charge in [-0.25, -0.2) is 9.07 Å². The van der Waals surface area contributed by atoms with Gasteiger partial charge in [0.05, 0.1) is 13.2 Å². The van der Waals surface area contributed by atoms with Gasteiger partial charge in [0.25, 0.3) is 0 Å². The Morgan fingerprint density at radius 2 is 1.29 bits per heavy atom. The van der Waals surface area contributed by atoms with E-state index in [1.807, 2.05) is 0 Å². The Morgan fingerprint density at radius 1 is 0.810 bits per heavy atom. The number of rotatable bonds is 15. The Hall–Kier alpha value is 0.596. The Balaban J connectivity index is -0.000000602. The third kappa shape index (κ3) is 18.5. The van der Waals surface area contributed by atoms with E-state index in [0.717, 1.165) is 19.3 Å². The molecule has 0 N–H and O–H groups in total. The fourth-order valence-electron chi connectivity index (χ4n) is 1.88. The van der Waals surface area contributed by atoms with Crippen molar-refractivity contribution in [3.63, 3.8) is 0 Å². The maximum Gasteiger partial charge on any atom is 2.00 e. The van der Waals surface area contributed by atoms with Crippen LogP contribution in [0.1, 0.15) is 80.9 Å². The van der Waals surface area contributed by atoms with Gasteiger partial charge in [0.1, 0.15) is 0 Å². The molecule has 0 heterocycles. The van der Waals surface area contributed by atoms with Crippen LogP contribution in [0.2, 0.25) is 0 Å². The predicted octanol–water partition coefficient (Wildman–Crippen LogP) is 3.98. The molecule has 0 aromatic rings. The zero-order chi connectivity index (χ0) is 15.1. The maximum atomic E-state index is 11.1. The largest absolute Gasteiger partial charge is 2.00 e. The Bertz CT molecular complexity index is 306. The van der Waals surface area contributed by atoms with Gasteiger partial charge < -0.3 is 2.85 Å². The number of unbranched alkanes of at least 4 members (excludes halogenated alkanes) is 9. The van der Waals surface area contributed by atoms with Crippen molar-refractivity contribution in [1.82, 2.24) is 0 Å². The summed E-state index contributed by atoms with van der Waals surface area (Å²) in [5, 5.41) is 0. The summed E-state index contributed by atoms with van der Waals surface area (Å²) in [5.74, 6) is 0. The summed E-state index contributed by atoms with van der Waals surface area (Å²) in [6.07, 6.45) is 12.0. The summed E-state index contributed by atoms with van der Waals surface area (Å²) in [5.41, 5.74) is 0. The van der Waals surface area contributed by atoms with Gasteiger partial charge in [-0.2, -0.15) is 8.42 Å². The minimum atomic E-state index is -3.98. The van der Waals surface area contributed by atoms with E-state index in [1.165, 1.54) is 44.9 Å². The van der Waals surface area contributed by atoms with E-state index in [1.54, 1.807) is 6.92 Å². The van der Waals surface area contributed by atoms with Crippen molar-refractivity contribution in [2.24, 2.45) is 0 Å². The smallest absolute Gasteiger partial charge is 1.00 e. The maximum absolute atomic E-state index is 11.1. The van der Waals surface area contributed by atoms with Crippen LogP contribution in [0, 0.1) is 0 Å². The summed E-state index contributed by atoms with van der Waals surface area (Å²) in [7, 11) is -3.98. The summed E-state index contributed by atoms with van der Waals surface area (Å²) in [4.78, 5) is 4.34. The van der Waals surface area contributed by atoms with Crippen molar-refractivity contribution in [2.45, 2.75) is 78.1 Å². The van der Waals surface area contributed by atoms with Crippen LogP contribution in [0.25, 0.3) is 0 Å². The molecule has 7 heteroatoms. The zero-order valence-corrected chi connectivity index (χ0v) is 15.9. The molecule has 0 atom stereocenters. The quantitative estimate of drug-likeness (QED) is 0.196. The van der Waals surface area contributed by atoms with E-state index in [-0.39, 0.29) is 39.1 Å². The van der Waals surface area contributed by atoms with Crippen LogP contribution in [0.3, 0.4) is 0 Å². The van der Waals surface area contributed by atoms with Crippen LogP contribution in [0.4, 0.5) is 0 Å². The van der Waals surface area contributed by atoms with Gasteiger partial charge in [0.15, 0.2) is 0 Å². The summed E-state index contributed by atoms with van der Waals surface area (Å²) in [6.45, 7) is 4.19. The molecule has 0 saturated carbocycles. The number of hydrogen-bond donors (Lipinski definition) is 0. The normalized spacial score (nSPS) is 11.3. The van der Waals surface area contributed by atoms with Gasteiger partial charge >= 0.3 is 33.5 Å². The van der Waals surface area contributed by atoms with E-state index < -0.39 is 10.4 Å². The summed E-state index contributed by atoms with van der Waals surface area (Å²) in [6, 6.07) is 0. The van der Waals surface area contributed by atoms with Crippen molar-refractivity contribution >= 4 is 33.5 Å². The average molecular weight is 337 g/mol. The molecular formula is C14H32MgO5S. The predicted molar refractivity (Wildman–Crippen MR) is 87.4 cm³/mol. The average Bonchev–Trinajstić information content (AvgIpc) is 2.42. The van der Waals surface area contributed by atoms with Gasteiger partial charge in [0.2, 0.25) is 0 Å². The third-order valence-corrected chi connectivity index (χ3v) is 3.69. The molecule has 0 aliphatic heterocycles. The van der Waals surface area contributed by atoms with Crippen molar-refractivity contribution in [3.05, 3.63) is 0 Å². The first kappa shape index (κ1) is 23.9. The minimum Gasteiger partial charge on any atom is -1.00 e. The second kappa shape index (κ2) is 17.0. The molecule has 0 rings (SSSR count). The van der Waals surface area contributed by atoms with Crippen molar-refractivity contribution in [1.29, 1.82) is 0 Å².